The first kappa shape index (κ1) is 16.2. The third kappa shape index (κ3) is 4.41. The van der Waals surface area contributed by atoms with Crippen LogP contribution < -0.4 is 9.46 Å². The Balaban J connectivity index is 2.08. The van der Waals surface area contributed by atoms with Gasteiger partial charge in [-0.25, -0.2) is 13.1 Å². The molecule has 6 nitrogen and oxygen atoms in total. The van der Waals surface area contributed by atoms with Crippen LogP contribution in [-0.4, -0.2) is 45.5 Å². The van der Waals surface area contributed by atoms with E-state index in [0.29, 0.717) is 31.8 Å². The SMILES string of the molecule is CC1(NS(=O)(=O)c2ccc(OCCO)cc2)CCOCC1. The van der Waals surface area contributed by atoms with E-state index in [1.165, 1.54) is 12.1 Å². The van der Waals surface area contributed by atoms with Crippen LogP contribution in [0.1, 0.15) is 19.8 Å². The maximum Gasteiger partial charge on any atom is 0.241 e. The van der Waals surface area contributed by atoms with Crippen LogP contribution in [0.25, 0.3) is 0 Å². The van der Waals surface area contributed by atoms with Crippen molar-refractivity contribution >= 4 is 10.0 Å². The molecule has 0 atom stereocenters. The third-order valence-corrected chi connectivity index (χ3v) is 5.13. The summed E-state index contributed by atoms with van der Waals surface area (Å²) in [6.45, 7) is 3.12. The summed E-state index contributed by atoms with van der Waals surface area (Å²) in [5.41, 5.74) is -0.469. The first-order valence-corrected chi connectivity index (χ1v) is 8.39. The van der Waals surface area contributed by atoms with Gasteiger partial charge in [-0.1, -0.05) is 0 Å². The molecular weight excluding hydrogens is 294 g/mol. The standard InChI is InChI=1S/C14H21NO5S/c1-14(6-9-19-10-7-14)15-21(17,18)13-4-2-12(3-5-13)20-11-8-16/h2-5,15-16H,6-11H2,1H3. The van der Waals surface area contributed by atoms with E-state index in [0.717, 1.165) is 0 Å². The second kappa shape index (κ2) is 6.74. The van der Waals surface area contributed by atoms with Crippen molar-refractivity contribution in [2.45, 2.75) is 30.2 Å². The summed E-state index contributed by atoms with van der Waals surface area (Å²) in [5.74, 6) is 0.528. The first-order chi connectivity index (χ1) is 9.95. The van der Waals surface area contributed by atoms with Crippen LogP contribution in [0.2, 0.25) is 0 Å². The molecule has 1 heterocycles. The zero-order valence-electron chi connectivity index (χ0n) is 12.0. The molecule has 1 aliphatic heterocycles. The number of aliphatic hydroxyl groups is 1. The van der Waals surface area contributed by atoms with E-state index in [-0.39, 0.29) is 18.1 Å². The molecule has 7 heteroatoms. The maximum atomic E-state index is 12.4. The molecule has 1 saturated heterocycles. The number of aliphatic hydroxyl groups excluding tert-OH is 1. The lowest BCUT2D eigenvalue weighted by molar-refractivity contribution is 0.0537. The molecule has 21 heavy (non-hydrogen) atoms. The van der Waals surface area contributed by atoms with Gasteiger partial charge in [-0.15, -0.1) is 0 Å². The van der Waals surface area contributed by atoms with Crippen LogP contribution in [-0.2, 0) is 14.8 Å². The van der Waals surface area contributed by atoms with E-state index in [4.69, 9.17) is 14.6 Å². The Hall–Kier alpha value is -1.15. The molecule has 0 saturated carbocycles. The van der Waals surface area contributed by atoms with E-state index in [1.54, 1.807) is 12.1 Å². The highest BCUT2D eigenvalue weighted by Crippen LogP contribution is 2.23. The summed E-state index contributed by atoms with van der Waals surface area (Å²) in [6, 6.07) is 6.16. The van der Waals surface area contributed by atoms with E-state index >= 15 is 0 Å². The molecule has 1 aliphatic rings. The van der Waals surface area contributed by atoms with Gasteiger partial charge >= 0.3 is 0 Å². The maximum absolute atomic E-state index is 12.4. The molecule has 2 rings (SSSR count). The largest absolute Gasteiger partial charge is 0.491 e. The van der Waals surface area contributed by atoms with E-state index in [1.807, 2.05) is 6.92 Å². The second-order valence-corrected chi connectivity index (χ2v) is 7.00. The Morgan fingerprint density at radius 3 is 2.48 bits per heavy atom. The number of rotatable bonds is 6. The van der Waals surface area contributed by atoms with Gasteiger partial charge in [-0.3, -0.25) is 0 Å². The fourth-order valence-corrected chi connectivity index (χ4v) is 3.65. The van der Waals surface area contributed by atoms with Crippen molar-refractivity contribution in [1.29, 1.82) is 0 Å². The fraction of sp³-hybridized carbons (Fsp3) is 0.571. The molecular formula is C14H21NO5S. The lowest BCUT2D eigenvalue weighted by Crippen LogP contribution is -2.49. The van der Waals surface area contributed by atoms with E-state index < -0.39 is 15.6 Å². The molecule has 0 bridgehead atoms. The van der Waals surface area contributed by atoms with Crippen molar-refractivity contribution in [1.82, 2.24) is 4.72 Å². The number of hydrogen-bond acceptors (Lipinski definition) is 5. The summed E-state index contributed by atoms with van der Waals surface area (Å²) >= 11 is 0. The summed E-state index contributed by atoms with van der Waals surface area (Å²) in [6.07, 6.45) is 1.31. The normalized spacial score (nSPS) is 18.4. The number of ether oxygens (including phenoxy) is 2. The van der Waals surface area contributed by atoms with Crippen LogP contribution in [0.4, 0.5) is 0 Å². The van der Waals surface area contributed by atoms with Crippen LogP contribution in [0.15, 0.2) is 29.2 Å². The van der Waals surface area contributed by atoms with Gasteiger partial charge in [0.05, 0.1) is 11.5 Å². The van der Waals surface area contributed by atoms with Crippen LogP contribution in [0.3, 0.4) is 0 Å². The van der Waals surface area contributed by atoms with Gasteiger partial charge in [-0.2, -0.15) is 0 Å². The van der Waals surface area contributed by atoms with E-state index in [2.05, 4.69) is 4.72 Å². The van der Waals surface area contributed by atoms with Crippen molar-refractivity contribution < 1.29 is 23.0 Å². The number of sulfonamides is 1. The average molecular weight is 315 g/mol. The Morgan fingerprint density at radius 2 is 1.90 bits per heavy atom. The first-order valence-electron chi connectivity index (χ1n) is 6.91. The van der Waals surface area contributed by atoms with Crippen molar-refractivity contribution in [2.24, 2.45) is 0 Å². The lowest BCUT2D eigenvalue weighted by atomic mass is 9.94. The number of benzene rings is 1. The van der Waals surface area contributed by atoms with Gasteiger partial charge < -0.3 is 14.6 Å². The Morgan fingerprint density at radius 1 is 1.29 bits per heavy atom. The highest BCUT2D eigenvalue weighted by molar-refractivity contribution is 7.89. The van der Waals surface area contributed by atoms with Crippen molar-refractivity contribution in [3.63, 3.8) is 0 Å². The van der Waals surface area contributed by atoms with Gasteiger partial charge in [0.25, 0.3) is 0 Å². The Kier molecular flexibility index (Phi) is 5.21. The third-order valence-electron chi connectivity index (χ3n) is 3.47. The van der Waals surface area contributed by atoms with Gasteiger partial charge in [0.2, 0.25) is 10.0 Å². The highest BCUT2D eigenvalue weighted by atomic mass is 32.2. The van der Waals surface area contributed by atoms with Crippen LogP contribution in [0, 0.1) is 0 Å². The monoisotopic (exact) mass is 315 g/mol. The Bertz CT molecular complexity index is 549. The molecule has 0 aliphatic carbocycles. The molecule has 1 fully saturated rings. The molecule has 0 radical (unpaired) electrons. The van der Waals surface area contributed by atoms with Gasteiger partial charge in [0.1, 0.15) is 12.4 Å². The van der Waals surface area contributed by atoms with E-state index in [9.17, 15) is 8.42 Å². The summed E-state index contributed by atoms with van der Waals surface area (Å²) in [7, 11) is -3.57. The summed E-state index contributed by atoms with van der Waals surface area (Å²) in [5, 5.41) is 8.68. The molecule has 0 spiro atoms. The van der Waals surface area contributed by atoms with Crippen LogP contribution in [0.5, 0.6) is 5.75 Å². The molecule has 0 aromatic heterocycles. The predicted octanol–water partition coefficient (Wildman–Crippen LogP) is 0.905. The van der Waals surface area contributed by atoms with Gasteiger partial charge in [-0.05, 0) is 44.0 Å². The van der Waals surface area contributed by atoms with Crippen molar-refractivity contribution in [2.75, 3.05) is 26.4 Å². The van der Waals surface area contributed by atoms with Crippen molar-refractivity contribution in [3.05, 3.63) is 24.3 Å². The average Bonchev–Trinajstić information content (AvgIpc) is 2.45. The zero-order chi connectivity index (χ0) is 15.3. The van der Waals surface area contributed by atoms with Gasteiger partial charge in [0.15, 0.2) is 0 Å². The molecule has 0 amide bonds. The molecule has 2 N–H and O–H groups in total. The van der Waals surface area contributed by atoms with Gasteiger partial charge in [0, 0.05) is 18.8 Å². The summed E-state index contributed by atoms with van der Waals surface area (Å²) in [4.78, 5) is 0.201. The molecule has 118 valence electrons. The quantitative estimate of drug-likeness (QED) is 0.815. The smallest absolute Gasteiger partial charge is 0.241 e. The number of hydrogen-bond donors (Lipinski definition) is 2. The molecule has 0 unspecified atom stereocenters. The molecule has 1 aromatic carbocycles. The topological polar surface area (TPSA) is 84.9 Å². The predicted molar refractivity (Wildman–Crippen MR) is 77.8 cm³/mol. The minimum Gasteiger partial charge on any atom is -0.491 e. The Labute approximate surface area is 125 Å². The number of nitrogens with one attached hydrogen (secondary N) is 1. The minimum atomic E-state index is -3.57. The fourth-order valence-electron chi connectivity index (χ4n) is 2.19. The highest BCUT2D eigenvalue weighted by Gasteiger charge is 2.32. The zero-order valence-corrected chi connectivity index (χ0v) is 12.9. The van der Waals surface area contributed by atoms with Crippen LogP contribution >= 0.6 is 0 Å². The lowest BCUT2D eigenvalue weighted by Gasteiger charge is -2.34. The minimum absolute atomic E-state index is 0.0813. The summed E-state index contributed by atoms with van der Waals surface area (Å²) < 4.78 is 38.0. The second-order valence-electron chi connectivity index (χ2n) is 5.32. The van der Waals surface area contributed by atoms with Crippen molar-refractivity contribution in [3.8, 4) is 5.75 Å². The molecule has 1 aromatic rings.